The summed E-state index contributed by atoms with van der Waals surface area (Å²) >= 11 is 0. The molecule has 0 spiro atoms. The molecule has 0 saturated heterocycles. The highest BCUT2D eigenvalue weighted by atomic mass is 16.5. The van der Waals surface area contributed by atoms with Crippen LogP contribution < -0.4 is 15.1 Å². The summed E-state index contributed by atoms with van der Waals surface area (Å²) in [6.45, 7) is 18.2. The van der Waals surface area contributed by atoms with E-state index in [9.17, 15) is 9.90 Å². The second kappa shape index (κ2) is 13.1. The largest absolute Gasteiger partial charge is 0.496 e. The molecule has 0 aliphatic carbocycles. The van der Waals surface area contributed by atoms with E-state index in [-0.39, 0.29) is 12.5 Å². The van der Waals surface area contributed by atoms with Crippen LogP contribution in [0.15, 0.2) is 43.2 Å². The molecule has 0 saturated carbocycles. The Bertz CT molecular complexity index is 508. The normalized spacial score (nSPS) is 8.39. The number of aliphatic hydroxyl groups is 1. The van der Waals surface area contributed by atoms with Crippen molar-refractivity contribution in [2.45, 2.75) is 27.4 Å². The van der Waals surface area contributed by atoms with E-state index in [1.807, 2.05) is 13.8 Å². The van der Waals surface area contributed by atoms with E-state index in [4.69, 9.17) is 4.74 Å². The molecule has 1 amide bonds. The fourth-order valence-corrected chi connectivity index (χ4v) is 1.64. The quantitative estimate of drug-likeness (QED) is 0.477. The third-order valence-corrected chi connectivity index (χ3v) is 2.45. The van der Waals surface area contributed by atoms with Gasteiger partial charge in [-0.05, 0) is 6.07 Å². The maximum atomic E-state index is 11.2. The standard InChI is InChI=1S/C13H17N3O3.C2H6.C2H4/c1-5-16(14-3)12-6-10(8-17)13(19-4)7-11(12)15-9(2)18;2*1-2/h5-7,17H,1,3,8H2,2,4H3,(H,15,18);1-2H3;1-2H2. The lowest BCUT2D eigenvalue weighted by molar-refractivity contribution is -0.114. The van der Waals surface area contributed by atoms with Gasteiger partial charge in [-0.1, -0.05) is 20.4 Å². The van der Waals surface area contributed by atoms with E-state index >= 15 is 0 Å². The third kappa shape index (κ3) is 6.80. The number of amides is 1. The molecule has 1 rings (SSSR count). The van der Waals surface area contributed by atoms with Gasteiger partial charge < -0.3 is 15.2 Å². The molecule has 0 radical (unpaired) electrons. The molecule has 0 bridgehead atoms. The number of carbonyl (C=O) groups is 1. The SMILES string of the molecule is C=C.C=CN(N=C)c1cc(CO)c(OC)cc1NC(C)=O.CC. The van der Waals surface area contributed by atoms with Crippen LogP contribution in [0.3, 0.4) is 0 Å². The van der Waals surface area contributed by atoms with Crippen molar-refractivity contribution in [1.29, 1.82) is 0 Å². The lowest BCUT2D eigenvalue weighted by Crippen LogP contribution is -2.13. The second-order valence-electron chi connectivity index (χ2n) is 3.69. The Labute approximate surface area is 138 Å². The smallest absolute Gasteiger partial charge is 0.221 e. The number of benzene rings is 1. The van der Waals surface area contributed by atoms with Crippen molar-refractivity contribution in [2.75, 3.05) is 17.4 Å². The van der Waals surface area contributed by atoms with Gasteiger partial charge in [0.2, 0.25) is 5.91 Å². The summed E-state index contributed by atoms with van der Waals surface area (Å²) in [4.78, 5) is 11.2. The van der Waals surface area contributed by atoms with E-state index in [0.717, 1.165) is 0 Å². The summed E-state index contributed by atoms with van der Waals surface area (Å²) in [5.41, 5.74) is 1.61. The number of rotatable bonds is 6. The third-order valence-electron chi connectivity index (χ3n) is 2.45. The van der Waals surface area contributed by atoms with Crippen LogP contribution in [0.2, 0.25) is 0 Å². The number of hydrogen-bond acceptors (Lipinski definition) is 5. The molecule has 23 heavy (non-hydrogen) atoms. The van der Waals surface area contributed by atoms with Crippen molar-refractivity contribution in [3.8, 4) is 5.75 Å². The summed E-state index contributed by atoms with van der Waals surface area (Å²) in [7, 11) is 1.49. The molecule has 2 N–H and O–H groups in total. The number of ether oxygens (including phenoxy) is 1. The predicted octanol–water partition coefficient (Wildman–Crippen LogP) is 3.54. The predicted molar refractivity (Wildman–Crippen MR) is 98.0 cm³/mol. The highest BCUT2D eigenvalue weighted by Gasteiger charge is 2.14. The van der Waals surface area contributed by atoms with Gasteiger partial charge in [-0.3, -0.25) is 4.79 Å². The highest BCUT2D eigenvalue weighted by Crippen LogP contribution is 2.34. The van der Waals surface area contributed by atoms with Crippen LogP contribution in [-0.2, 0) is 11.4 Å². The number of carbonyl (C=O) groups excluding carboxylic acids is 1. The zero-order chi connectivity index (χ0) is 18.4. The summed E-state index contributed by atoms with van der Waals surface area (Å²) < 4.78 is 5.16. The Morgan fingerprint density at radius 1 is 1.43 bits per heavy atom. The van der Waals surface area contributed by atoms with E-state index in [1.165, 1.54) is 25.2 Å². The summed E-state index contributed by atoms with van der Waals surface area (Å²) in [5, 5.41) is 17.1. The molecule has 0 aliphatic heterocycles. The maximum absolute atomic E-state index is 11.2. The molecule has 0 unspecified atom stereocenters. The van der Waals surface area contributed by atoms with Crippen molar-refractivity contribution < 1.29 is 14.6 Å². The first-order valence-corrected chi connectivity index (χ1v) is 7.05. The first-order chi connectivity index (χ1) is 11.1. The second-order valence-corrected chi connectivity index (χ2v) is 3.69. The summed E-state index contributed by atoms with van der Waals surface area (Å²) in [6.07, 6.45) is 1.45. The molecule has 0 atom stereocenters. The zero-order valence-corrected chi connectivity index (χ0v) is 14.4. The van der Waals surface area contributed by atoms with Crippen molar-refractivity contribution in [3.05, 3.63) is 43.6 Å². The maximum Gasteiger partial charge on any atom is 0.221 e. The first kappa shape index (κ1) is 22.7. The first-order valence-electron chi connectivity index (χ1n) is 7.05. The lowest BCUT2D eigenvalue weighted by atomic mass is 10.1. The van der Waals surface area contributed by atoms with E-state index in [0.29, 0.717) is 22.7 Å². The van der Waals surface area contributed by atoms with Gasteiger partial charge >= 0.3 is 0 Å². The summed E-state index contributed by atoms with van der Waals surface area (Å²) in [6, 6.07) is 3.27. The minimum atomic E-state index is -0.229. The minimum absolute atomic E-state index is 0.196. The Hall–Kier alpha value is -2.60. The van der Waals surface area contributed by atoms with Crippen molar-refractivity contribution in [3.63, 3.8) is 0 Å². The van der Waals surface area contributed by atoms with Crippen LogP contribution in [-0.4, -0.2) is 24.8 Å². The van der Waals surface area contributed by atoms with Crippen molar-refractivity contribution in [2.24, 2.45) is 5.10 Å². The van der Waals surface area contributed by atoms with Gasteiger partial charge in [-0.15, -0.1) is 13.2 Å². The van der Waals surface area contributed by atoms with E-state index in [1.54, 1.807) is 12.1 Å². The molecule has 0 fully saturated rings. The summed E-state index contributed by atoms with van der Waals surface area (Å²) in [5.74, 6) is 0.246. The van der Waals surface area contributed by atoms with Gasteiger partial charge in [0.1, 0.15) is 5.75 Å². The Morgan fingerprint density at radius 2 is 2.00 bits per heavy atom. The average molecular weight is 321 g/mol. The number of nitrogens with one attached hydrogen (secondary N) is 1. The highest BCUT2D eigenvalue weighted by molar-refractivity contribution is 5.93. The number of anilines is 2. The van der Waals surface area contributed by atoms with Crippen LogP contribution in [0.4, 0.5) is 11.4 Å². The number of methoxy groups -OCH3 is 1. The van der Waals surface area contributed by atoms with Crippen molar-refractivity contribution >= 4 is 24.0 Å². The molecule has 128 valence electrons. The van der Waals surface area contributed by atoms with Gasteiger partial charge in [0.25, 0.3) is 0 Å². The van der Waals surface area contributed by atoms with Crippen LogP contribution in [0.1, 0.15) is 26.3 Å². The minimum Gasteiger partial charge on any atom is -0.496 e. The van der Waals surface area contributed by atoms with Gasteiger partial charge in [0.05, 0.1) is 25.1 Å². The molecule has 0 aromatic heterocycles. The van der Waals surface area contributed by atoms with E-state index < -0.39 is 0 Å². The molecular weight excluding hydrogens is 294 g/mol. The van der Waals surface area contributed by atoms with E-state index in [2.05, 4.69) is 36.9 Å². The van der Waals surface area contributed by atoms with Crippen molar-refractivity contribution in [1.82, 2.24) is 0 Å². The Morgan fingerprint density at radius 3 is 2.35 bits per heavy atom. The zero-order valence-electron chi connectivity index (χ0n) is 14.4. The van der Waals surface area contributed by atoms with Crippen LogP contribution >= 0.6 is 0 Å². The molecule has 1 aromatic rings. The Balaban J connectivity index is 0. The fraction of sp³-hybridized carbons (Fsp3) is 0.294. The molecule has 6 nitrogen and oxygen atoms in total. The monoisotopic (exact) mass is 321 g/mol. The fourth-order valence-electron chi connectivity index (χ4n) is 1.64. The molecule has 1 aromatic carbocycles. The molecule has 6 heteroatoms. The lowest BCUT2D eigenvalue weighted by Gasteiger charge is -2.20. The molecule has 0 aliphatic rings. The van der Waals surface area contributed by atoms with Crippen LogP contribution in [0, 0.1) is 0 Å². The number of aliphatic hydroxyl groups excluding tert-OH is 1. The van der Waals surface area contributed by atoms with Crippen LogP contribution in [0.5, 0.6) is 5.75 Å². The van der Waals surface area contributed by atoms with Gasteiger partial charge in [-0.25, -0.2) is 5.01 Å². The molecule has 0 heterocycles. The van der Waals surface area contributed by atoms with Gasteiger partial charge in [-0.2, -0.15) is 5.10 Å². The average Bonchev–Trinajstić information content (AvgIpc) is 2.59. The van der Waals surface area contributed by atoms with Gasteiger partial charge in [0.15, 0.2) is 0 Å². The molecular formula is C17H27N3O3. The van der Waals surface area contributed by atoms with Gasteiger partial charge in [0, 0.05) is 31.5 Å². The topological polar surface area (TPSA) is 74.2 Å². The van der Waals surface area contributed by atoms with Crippen LogP contribution in [0.25, 0.3) is 0 Å². The Kier molecular flexibility index (Phi) is 12.9. The number of nitrogens with zero attached hydrogens (tertiary/aromatic N) is 2. The number of hydrogen-bond donors (Lipinski definition) is 2. The number of hydrazone groups is 1.